The van der Waals surface area contributed by atoms with Gasteiger partial charge in [0.15, 0.2) is 0 Å². The Kier molecular flexibility index (Phi) is 7.30. The Morgan fingerprint density at radius 3 is 2.11 bits per heavy atom. The van der Waals surface area contributed by atoms with Crippen LogP contribution in [-0.4, -0.2) is 11.5 Å². The molecule has 1 unspecified atom stereocenters. The van der Waals surface area contributed by atoms with E-state index < -0.39 is 0 Å². The molecule has 0 radical (unpaired) electrons. The number of anilines is 3. The molecule has 8 aromatic rings. The van der Waals surface area contributed by atoms with E-state index in [1.807, 2.05) is 12.3 Å². The van der Waals surface area contributed by atoms with Crippen LogP contribution in [0.4, 0.5) is 17.1 Å². The molecule has 2 aliphatic heterocycles. The molecule has 0 spiro atoms. The molecule has 0 amide bonds. The summed E-state index contributed by atoms with van der Waals surface area (Å²) in [6.45, 7) is 5.42. The molecule has 268 valence electrons. The minimum atomic E-state index is -0.133. The number of benzene rings is 7. The van der Waals surface area contributed by atoms with Crippen LogP contribution in [0.15, 0.2) is 176 Å². The quantitative estimate of drug-likeness (QED) is 0.180. The Morgan fingerprint density at radius 2 is 1.34 bits per heavy atom. The molecule has 56 heavy (non-hydrogen) atoms. The van der Waals surface area contributed by atoms with E-state index >= 15 is 0 Å². The van der Waals surface area contributed by atoms with Gasteiger partial charge in [0, 0.05) is 28.6 Å². The second-order valence-electron chi connectivity index (χ2n) is 15.6. The maximum absolute atomic E-state index is 4.99. The molecule has 7 aromatic carbocycles. The van der Waals surface area contributed by atoms with Gasteiger partial charge < -0.3 is 15.5 Å². The third kappa shape index (κ3) is 4.95. The number of hydrogen-bond acceptors (Lipinski definition) is 3. The van der Waals surface area contributed by atoms with Crippen molar-refractivity contribution in [3.8, 4) is 33.4 Å². The highest BCUT2D eigenvalue weighted by molar-refractivity contribution is 6.22. The Balaban J connectivity index is 1.12. The van der Waals surface area contributed by atoms with E-state index in [9.17, 15) is 0 Å². The van der Waals surface area contributed by atoms with Crippen molar-refractivity contribution in [1.82, 2.24) is 4.98 Å². The number of nitrogens with zero attached hydrogens (tertiary/aromatic N) is 3. The Labute approximate surface area is 327 Å². The summed E-state index contributed by atoms with van der Waals surface area (Å²) in [4.78, 5) is 7.40. The third-order valence-corrected chi connectivity index (χ3v) is 12.1. The Morgan fingerprint density at radius 1 is 0.643 bits per heavy atom. The second-order valence-corrected chi connectivity index (χ2v) is 15.6. The standard InChI is InChI=1S/C52H39N4/c1-52(2)43-19-9-8-16-37(43)40-30-41-42(31-44(40)52)50(35-27-28-46(54-32-35)45-20-12-13-29-53-45)39-18-7-6-17-38(39)49(41)33-23-25-34(26-24-33)51-55-47-21-10-11-22-48(47)56(51)36-14-4-3-5-15-36/h3-28,30-32,51,55H,29H2,1-2H3/q-1. The van der Waals surface area contributed by atoms with Gasteiger partial charge in [0.1, 0.15) is 6.17 Å². The molecular weight excluding hydrogens is 681 g/mol. The number of allylic oxidation sites excluding steroid dienone is 2. The fourth-order valence-corrected chi connectivity index (χ4v) is 9.37. The highest BCUT2D eigenvalue weighted by Crippen LogP contribution is 2.53. The molecule has 3 heterocycles. The van der Waals surface area contributed by atoms with Gasteiger partial charge in [0.2, 0.25) is 0 Å². The monoisotopic (exact) mass is 719 g/mol. The lowest BCUT2D eigenvalue weighted by molar-refractivity contribution is 0.661. The molecular formula is C52H39N4-. The van der Waals surface area contributed by atoms with Gasteiger partial charge in [0.05, 0.1) is 11.4 Å². The number of para-hydroxylation sites is 3. The molecule has 1 atom stereocenters. The molecule has 1 aromatic heterocycles. The topological polar surface area (TPSA) is 42.3 Å². The maximum atomic E-state index is 4.99. The van der Waals surface area contributed by atoms with Crippen LogP contribution in [0, 0.1) is 0 Å². The highest BCUT2D eigenvalue weighted by Gasteiger charge is 2.36. The van der Waals surface area contributed by atoms with Crippen LogP contribution in [0.5, 0.6) is 0 Å². The molecule has 4 nitrogen and oxygen atoms in total. The van der Waals surface area contributed by atoms with Crippen LogP contribution in [-0.2, 0) is 5.41 Å². The summed E-state index contributed by atoms with van der Waals surface area (Å²) in [6, 6.07) is 55.7. The minimum absolute atomic E-state index is 0.0367. The number of rotatable bonds is 5. The van der Waals surface area contributed by atoms with Gasteiger partial charge in [-0.05, 0) is 109 Å². The van der Waals surface area contributed by atoms with E-state index in [0.29, 0.717) is 6.54 Å². The van der Waals surface area contributed by atoms with E-state index in [1.54, 1.807) is 0 Å². The average molecular weight is 720 g/mol. The first-order chi connectivity index (χ1) is 27.5. The van der Waals surface area contributed by atoms with E-state index in [2.05, 4.69) is 193 Å². The van der Waals surface area contributed by atoms with Crippen molar-refractivity contribution < 1.29 is 0 Å². The zero-order chi connectivity index (χ0) is 37.4. The zero-order valence-electron chi connectivity index (χ0n) is 31.4. The van der Waals surface area contributed by atoms with Crippen LogP contribution in [0.3, 0.4) is 0 Å². The number of aromatic nitrogens is 1. The molecule has 0 fully saturated rings. The molecule has 0 saturated carbocycles. The van der Waals surface area contributed by atoms with Crippen LogP contribution in [0.25, 0.3) is 65.9 Å². The zero-order valence-corrected chi connectivity index (χ0v) is 31.4. The van der Waals surface area contributed by atoms with Crippen LogP contribution >= 0.6 is 0 Å². The van der Waals surface area contributed by atoms with Gasteiger partial charge in [-0.15, -0.1) is 18.3 Å². The molecule has 4 heteroatoms. The van der Waals surface area contributed by atoms with Crippen molar-refractivity contribution in [3.05, 3.63) is 204 Å². The van der Waals surface area contributed by atoms with Gasteiger partial charge >= 0.3 is 0 Å². The number of pyridine rings is 1. The molecule has 0 bridgehead atoms. The molecule has 11 rings (SSSR count). The van der Waals surface area contributed by atoms with Gasteiger partial charge in [-0.25, -0.2) is 0 Å². The summed E-state index contributed by atoms with van der Waals surface area (Å²) in [5.41, 5.74) is 16.5. The first kappa shape index (κ1) is 32.5. The number of fused-ring (bicyclic) bond motifs is 6. The van der Waals surface area contributed by atoms with E-state index in [1.165, 1.54) is 71.7 Å². The minimum Gasteiger partial charge on any atom is -0.679 e. The third-order valence-electron chi connectivity index (χ3n) is 12.1. The SMILES string of the molecule is CC1(C)c2ccccc2-c2cc3c(-c4ccc(C5Nc6ccccc6N5c5ccccc5)cc4)c4ccccc4c(-c4ccc(C5=CC=CC[N-]5)nc4)c3cc21. The lowest BCUT2D eigenvalue weighted by Gasteiger charge is -2.27. The first-order valence-electron chi connectivity index (χ1n) is 19.5. The largest absolute Gasteiger partial charge is 0.679 e. The van der Waals surface area contributed by atoms with E-state index in [4.69, 9.17) is 4.98 Å². The summed E-state index contributed by atoms with van der Waals surface area (Å²) in [5.74, 6) is 0. The van der Waals surface area contributed by atoms with Crippen molar-refractivity contribution in [2.45, 2.75) is 25.4 Å². The van der Waals surface area contributed by atoms with E-state index in [-0.39, 0.29) is 11.6 Å². The van der Waals surface area contributed by atoms with Crippen molar-refractivity contribution in [2.75, 3.05) is 16.8 Å². The van der Waals surface area contributed by atoms with Crippen LogP contribution in [0.2, 0.25) is 0 Å². The predicted molar refractivity (Wildman–Crippen MR) is 234 cm³/mol. The van der Waals surface area contributed by atoms with Gasteiger partial charge in [0.25, 0.3) is 0 Å². The van der Waals surface area contributed by atoms with Crippen molar-refractivity contribution >= 4 is 44.3 Å². The summed E-state index contributed by atoms with van der Waals surface area (Å²) in [6.07, 6.45) is 8.17. The summed E-state index contributed by atoms with van der Waals surface area (Å²) in [7, 11) is 0. The van der Waals surface area contributed by atoms with Crippen molar-refractivity contribution in [1.29, 1.82) is 0 Å². The highest BCUT2D eigenvalue weighted by atomic mass is 15.3. The molecule has 3 aliphatic rings. The fourth-order valence-electron chi connectivity index (χ4n) is 9.37. The second kappa shape index (κ2) is 12.6. The lowest BCUT2D eigenvalue weighted by Crippen LogP contribution is -2.23. The summed E-state index contributed by atoms with van der Waals surface area (Å²) in [5, 5.41) is 13.4. The molecule has 1 N–H and O–H groups in total. The van der Waals surface area contributed by atoms with Gasteiger partial charge in [-0.1, -0.05) is 135 Å². The fraction of sp³-hybridized carbons (Fsp3) is 0.0962. The predicted octanol–water partition coefficient (Wildman–Crippen LogP) is 13.6. The Hall–Kier alpha value is -6.91. The number of hydrogen-bond donors (Lipinski definition) is 1. The molecule has 0 saturated heterocycles. The van der Waals surface area contributed by atoms with Gasteiger partial charge in [-0.2, -0.15) is 0 Å². The maximum Gasteiger partial charge on any atom is 0.130 e. The van der Waals surface area contributed by atoms with Crippen LogP contribution in [0.1, 0.15) is 42.4 Å². The summed E-state index contributed by atoms with van der Waals surface area (Å²) < 4.78 is 0. The summed E-state index contributed by atoms with van der Waals surface area (Å²) >= 11 is 0. The normalized spacial score (nSPS) is 16.2. The first-order valence-corrected chi connectivity index (χ1v) is 19.5. The average Bonchev–Trinajstić information content (AvgIpc) is 3.75. The van der Waals surface area contributed by atoms with Crippen molar-refractivity contribution in [3.63, 3.8) is 0 Å². The lowest BCUT2D eigenvalue weighted by atomic mass is 9.79. The smallest absolute Gasteiger partial charge is 0.130 e. The van der Waals surface area contributed by atoms with E-state index in [0.717, 1.165) is 28.3 Å². The van der Waals surface area contributed by atoms with Crippen LogP contribution < -0.4 is 10.2 Å². The Bertz CT molecular complexity index is 2900. The van der Waals surface area contributed by atoms with Crippen molar-refractivity contribution in [2.24, 2.45) is 0 Å². The number of nitrogens with one attached hydrogen (secondary N) is 1. The molecule has 1 aliphatic carbocycles. The van der Waals surface area contributed by atoms with Gasteiger partial charge in [-0.3, -0.25) is 4.98 Å².